The number of amides is 1. The highest BCUT2D eigenvalue weighted by Gasteiger charge is 2.29. The molecule has 1 atom stereocenters. The van der Waals surface area contributed by atoms with Gasteiger partial charge in [0.15, 0.2) is 5.75 Å². The van der Waals surface area contributed by atoms with E-state index in [1.54, 1.807) is 12.1 Å². The van der Waals surface area contributed by atoms with E-state index in [9.17, 15) is 9.59 Å². The maximum atomic E-state index is 12.3. The van der Waals surface area contributed by atoms with Crippen molar-refractivity contribution in [2.75, 3.05) is 18.1 Å². The van der Waals surface area contributed by atoms with Gasteiger partial charge in [-0.2, -0.15) is 0 Å². The Morgan fingerprint density at radius 1 is 1.50 bits per heavy atom. The summed E-state index contributed by atoms with van der Waals surface area (Å²) in [6.07, 6.45) is 1.42. The first kappa shape index (κ1) is 14.3. The number of benzene rings is 1. The van der Waals surface area contributed by atoms with Gasteiger partial charge < -0.3 is 20.5 Å². The Balaban J connectivity index is 2.36. The fourth-order valence-corrected chi connectivity index (χ4v) is 2.28. The van der Waals surface area contributed by atoms with Crippen molar-refractivity contribution in [2.45, 2.75) is 25.8 Å². The fourth-order valence-electron chi connectivity index (χ4n) is 2.28. The second-order valence-electron chi connectivity index (χ2n) is 4.69. The highest BCUT2D eigenvalue weighted by atomic mass is 16.5. The number of carbonyl (C=O) groups excluding carboxylic acids is 1. The van der Waals surface area contributed by atoms with E-state index in [0.717, 1.165) is 6.42 Å². The Labute approximate surface area is 117 Å². The summed E-state index contributed by atoms with van der Waals surface area (Å²) in [5.74, 6) is -1.03. The van der Waals surface area contributed by atoms with E-state index in [4.69, 9.17) is 15.6 Å². The SMILES string of the molecule is CCCC(N)C(=O)N1CCOc2c(C(=O)O)cccc21. The fraction of sp³-hybridized carbons (Fsp3) is 0.429. The molecule has 2 rings (SSSR count). The molecule has 0 saturated heterocycles. The molecule has 0 aliphatic carbocycles. The average Bonchev–Trinajstić information content (AvgIpc) is 2.45. The standard InChI is InChI=1S/C14H18N2O4/c1-2-4-10(15)13(17)16-7-8-20-12-9(14(18)19)5-3-6-11(12)16/h3,5-6,10H,2,4,7-8,15H2,1H3,(H,18,19). The summed E-state index contributed by atoms with van der Waals surface area (Å²) < 4.78 is 5.42. The number of hydrogen-bond acceptors (Lipinski definition) is 4. The number of ether oxygens (including phenoxy) is 1. The van der Waals surface area contributed by atoms with Gasteiger partial charge in [-0.1, -0.05) is 19.4 Å². The lowest BCUT2D eigenvalue weighted by Gasteiger charge is -2.31. The van der Waals surface area contributed by atoms with Gasteiger partial charge in [-0.05, 0) is 18.6 Å². The van der Waals surface area contributed by atoms with Gasteiger partial charge in [0.1, 0.15) is 12.2 Å². The van der Waals surface area contributed by atoms with Crippen molar-refractivity contribution >= 4 is 17.6 Å². The van der Waals surface area contributed by atoms with Gasteiger partial charge in [-0.15, -0.1) is 0 Å². The average molecular weight is 278 g/mol. The molecular formula is C14H18N2O4. The van der Waals surface area contributed by atoms with Crippen molar-refractivity contribution in [3.8, 4) is 5.75 Å². The number of hydrogen-bond donors (Lipinski definition) is 2. The third-order valence-corrected chi connectivity index (χ3v) is 3.26. The predicted octanol–water partition coefficient (Wildman–Crippen LogP) is 1.24. The zero-order valence-electron chi connectivity index (χ0n) is 11.3. The lowest BCUT2D eigenvalue weighted by atomic mass is 10.1. The number of carboxylic acids is 1. The second-order valence-corrected chi connectivity index (χ2v) is 4.69. The summed E-state index contributed by atoms with van der Waals surface area (Å²) in [7, 11) is 0. The monoisotopic (exact) mass is 278 g/mol. The maximum absolute atomic E-state index is 12.3. The van der Waals surface area contributed by atoms with Crippen LogP contribution in [0.4, 0.5) is 5.69 Å². The van der Waals surface area contributed by atoms with Crippen LogP contribution in [-0.4, -0.2) is 36.2 Å². The molecule has 0 aromatic heterocycles. The molecule has 6 nitrogen and oxygen atoms in total. The third kappa shape index (κ3) is 2.60. The van der Waals surface area contributed by atoms with E-state index in [2.05, 4.69) is 0 Å². The Kier molecular flexibility index (Phi) is 4.24. The number of para-hydroxylation sites is 1. The molecule has 1 aromatic carbocycles. The molecule has 0 spiro atoms. The van der Waals surface area contributed by atoms with Gasteiger partial charge in [0.25, 0.3) is 0 Å². The largest absolute Gasteiger partial charge is 0.489 e. The first-order valence-corrected chi connectivity index (χ1v) is 6.62. The van der Waals surface area contributed by atoms with Crippen LogP contribution in [0.1, 0.15) is 30.1 Å². The summed E-state index contributed by atoms with van der Waals surface area (Å²) in [6.45, 7) is 2.61. The molecule has 6 heteroatoms. The highest BCUT2D eigenvalue weighted by Crippen LogP contribution is 2.35. The van der Waals surface area contributed by atoms with Crippen LogP contribution in [0, 0.1) is 0 Å². The Morgan fingerprint density at radius 2 is 2.25 bits per heavy atom. The van der Waals surface area contributed by atoms with Crippen molar-refractivity contribution in [2.24, 2.45) is 5.73 Å². The molecule has 3 N–H and O–H groups in total. The molecule has 1 unspecified atom stereocenters. The van der Waals surface area contributed by atoms with Crippen LogP contribution in [-0.2, 0) is 4.79 Å². The van der Waals surface area contributed by atoms with E-state index in [1.165, 1.54) is 11.0 Å². The van der Waals surface area contributed by atoms with Gasteiger partial charge in [0.05, 0.1) is 18.3 Å². The molecule has 1 aliphatic heterocycles. The Hall–Kier alpha value is -2.08. The molecule has 0 fully saturated rings. The van der Waals surface area contributed by atoms with Crippen LogP contribution in [0.5, 0.6) is 5.75 Å². The number of rotatable bonds is 4. The molecule has 1 heterocycles. The van der Waals surface area contributed by atoms with E-state index in [-0.39, 0.29) is 23.8 Å². The summed E-state index contributed by atoms with van der Waals surface area (Å²) in [5.41, 5.74) is 6.40. The number of aromatic carboxylic acids is 1. The zero-order valence-corrected chi connectivity index (χ0v) is 11.3. The lowest BCUT2D eigenvalue weighted by Crippen LogP contribution is -2.47. The number of carboxylic acid groups (broad SMARTS) is 1. The number of fused-ring (bicyclic) bond motifs is 1. The highest BCUT2D eigenvalue weighted by molar-refractivity contribution is 6.01. The number of nitrogens with zero attached hydrogens (tertiary/aromatic N) is 1. The molecule has 1 aliphatic rings. The molecular weight excluding hydrogens is 260 g/mol. The minimum Gasteiger partial charge on any atom is -0.489 e. The number of nitrogens with two attached hydrogens (primary N) is 1. The second kappa shape index (κ2) is 5.92. The minimum atomic E-state index is -1.07. The van der Waals surface area contributed by atoms with Crippen molar-refractivity contribution in [3.63, 3.8) is 0 Å². The molecule has 1 amide bonds. The van der Waals surface area contributed by atoms with E-state index >= 15 is 0 Å². The molecule has 0 radical (unpaired) electrons. The van der Waals surface area contributed by atoms with E-state index < -0.39 is 12.0 Å². The first-order valence-electron chi connectivity index (χ1n) is 6.62. The normalized spacial score (nSPS) is 15.2. The zero-order chi connectivity index (χ0) is 14.7. The van der Waals surface area contributed by atoms with E-state index in [0.29, 0.717) is 18.7 Å². The molecule has 108 valence electrons. The summed E-state index contributed by atoms with van der Waals surface area (Å²) in [6, 6.07) is 4.17. The van der Waals surface area contributed by atoms with E-state index in [1.807, 2.05) is 6.92 Å². The van der Waals surface area contributed by atoms with Gasteiger partial charge in [-0.3, -0.25) is 4.79 Å². The van der Waals surface area contributed by atoms with Crippen LogP contribution < -0.4 is 15.4 Å². The van der Waals surface area contributed by atoms with Gasteiger partial charge in [0.2, 0.25) is 5.91 Å². The quantitative estimate of drug-likeness (QED) is 0.864. The molecule has 20 heavy (non-hydrogen) atoms. The van der Waals surface area contributed by atoms with Crippen LogP contribution in [0.3, 0.4) is 0 Å². The van der Waals surface area contributed by atoms with Gasteiger partial charge in [0, 0.05) is 0 Å². The van der Waals surface area contributed by atoms with Crippen LogP contribution in [0.25, 0.3) is 0 Å². The summed E-state index contributed by atoms with van der Waals surface area (Å²) >= 11 is 0. The van der Waals surface area contributed by atoms with Crippen molar-refractivity contribution in [1.82, 2.24) is 0 Å². The molecule has 0 saturated carbocycles. The summed E-state index contributed by atoms with van der Waals surface area (Å²) in [4.78, 5) is 25.0. The maximum Gasteiger partial charge on any atom is 0.339 e. The lowest BCUT2D eigenvalue weighted by molar-refractivity contribution is -0.120. The van der Waals surface area contributed by atoms with Crippen LogP contribution in [0.2, 0.25) is 0 Å². The topological polar surface area (TPSA) is 92.9 Å². The number of carbonyl (C=O) groups is 2. The van der Waals surface area contributed by atoms with Gasteiger partial charge >= 0.3 is 5.97 Å². The minimum absolute atomic E-state index is 0.0593. The first-order chi connectivity index (χ1) is 9.56. The van der Waals surface area contributed by atoms with Crippen molar-refractivity contribution < 1.29 is 19.4 Å². The van der Waals surface area contributed by atoms with Gasteiger partial charge in [-0.25, -0.2) is 4.79 Å². The molecule has 1 aromatic rings. The Morgan fingerprint density at radius 3 is 2.90 bits per heavy atom. The Bertz CT molecular complexity index is 530. The van der Waals surface area contributed by atoms with Crippen LogP contribution in [0.15, 0.2) is 18.2 Å². The predicted molar refractivity (Wildman–Crippen MR) is 74.1 cm³/mol. The smallest absolute Gasteiger partial charge is 0.339 e. The van der Waals surface area contributed by atoms with Crippen LogP contribution >= 0.6 is 0 Å². The third-order valence-electron chi connectivity index (χ3n) is 3.26. The molecule has 0 bridgehead atoms. The van der Waals surface area contributed by atoms with Crippen molar-refractivity contribution in [3.05, 3.63) is 23.8 Å². The number of anilines is 1. The van der Waals surface area contributed by atoms with Crippen molar-refractivity contribution in [1.29, 1.82) is 0 Å². The summed E-state index contributed by atoms with van der Waals surface area (Å²) in [5, 5.41) is 9.15.